The number of nitrogens with zero attached hydrogens (tertiary/aromatic N) is 1. The van der Waals surface area contributed by atoms with Crippen molar-refractivity contribution in [3.05, 3.63) is 146 Å². The minimum absolute atomic E-state index is 0.137. The normalized spacial score (nSPS) is 13.4. The Balaban J connectivity index is 4.14. The van der Waals surface area contributed by atoms with Gasteiger partial charge in [-0.15, -0.1) is 0 Å². The first-order chi connectivity index (χ1) is 48.1. The highest BCUT2D eigenvalue weighted by molar-refractivity contribution is 5.70. The first-order valence-corrected chi connectivity index (χ1v) is 40.5. The fraction of sp³-hybridized carbons (Fsp3) is 0.697. The van der Waals surface area contributed by atoms with Crippen LogP contribution in [0.25, 0.3) is 0 Å². The van der Waals surface area contributed by atoms with Crippen LogP contribution < -0.4 is 5.11 Å². The van der Waals surface area contributed by atoms with Crippen LogP contribution in [0.2, 0.25) is 0 Å². The minimum Gasteiger partial charge on any atom is -0.545 e. The maximum atomic E-state index is 13.0. The molecule has 0 aliphatic carbocycles. The van der Waals surface area contributed by atoms with Gasteiger partial charge in [0.2, 0.25) is 0 Å². The zero-order valence-corrected chi connectivity index (χ0v) is 64.1. The number of allylic oxidation sites excluding steroid dienone is 24. The fourth-order valence-corrected chi connectivity index (χ4v) is 11.2. The number of hydrogen-bond acceptors (Lipinski definition) is 8. The van der Waals surface area contributed by atoms with E-state index in [1.165, 1.54) is 186 Å². The van der Waals surface area contributed by atoms with Crippen molar-refractivity contribution in [1.29, 1.82) is 0 Å². The zero-order chi connectivity index (χ0) is 71.1. The summed E-state index contributed by atoms with van der Waals surface area (Å²) in [5, 5.41) is 11.9. The highest BCUT2D eigenvalue weighted by Crippen LogP contribution is 2.18. The van der Waals surface area contributed by atoms with Crippen LogP contribution in [0.5, 0.6) is 0 Å². The van der Waals surface area contributed by atoms with Crippen LogP contribution in [0.3, 0.4) is 0 Å². The maximum absolute atomic E-state index is 13.0. The van der Waals surface area contributed by atoms with E-state index < -0.39 is 24.3 Å². The summed E-state index contributed by atoms with van der Waals surface area (Å²) in [6, 6.07) is 0. The Morgan fingerprint density at radius 3 is 0.867 bits per heavy atom. The number of quaternary nitrogens is 1. The second-order valence-electron chi connectivity index (χ2n) is 28.0. The van der Waals surface area contributed by atoms with Gasteiger partial charge in [-0.1, -0.05) is 372 Å². The first kappa shape index (κ1) is 93.2. The number of ether oxygens (including phenoxy) is 4. The topological polar surface area (TPSA) is 111 Å². The van der Waals surface area contributed by atoms with Crippen LogP contribution in [0.15, 0.2) is 146 Å². The van der Waals surface area contributed by atoms with Gasteiger partial charge in [0.1, 0.15) is 13.2 Å². The van der Waals surface area contributed by atoms with Crippen molar-refractivity contribution < 1.29 is 42.9 Å². The van der Waals surface area contributed by atoms with Gasteiger partial charge in [-0.25, -0.2) is 0 Å². The number of likely N-dealkylation sites (N-methyl/N-ethyl adjacent to an activating group) is 1. The summed E-state index contributed by atoms with van der Waals surface area (Å²) in [4.78, 5) is 37.6. The standard InChI is InChI=1S/C89H151NO8/c1-6-8-10-12-14-16-18-20-22-24-26-28-30-32-34-36-38-40-41-42-43-44-45-46-47-48-50-52-54-56-58-60-62-64-66-68-70-72-74-76-78-80-87(92)98-85(84-97-89(88(93)94)95-82-81-90(3,4)5)83-96-86(91)79-77-75-73-71-69-67-65-63-61-59-57-55-53-51-49-39-37-35-33-31-29-27-25-23-21-19-17-15-13-11-9-7-2/h8,10,14,16,20,22,26,28,32,34,38,40,42-43,45-46,48,50,54,56,60,62,66,68,85,89H,6-7,9,11-13,15,17-19,21,23-25,27,29-31,33,35-37,39,41,44,47,49,51-53,55,57-59,61,63-65,67,69-84H2,1-5H3/b10-8-,16-14-,22-20-,28-26-,34-32-,40-38-,43-42-,46-45-,50-48-,56-54-,62-60-,68-66-. The lowest BCUT2D eigenvalue weighted by molar-refractivity contribution is -0.870. The molecular weight excluding hydrogens is 1210 g/mol. The third-order valence-electron chi connectivity index (χ3n) is 17.4. The number of unbranched alkanes of at least 4 members (excludes halogenated alkanes) is 35. The van der Waals surface area contributed by atoms with Crippen molar-refractivity contribution in [1.82, 2.24) is 0 Å². The molecule has 0 aliphatic rings. The van der Waals surface area contributed by atoms with Crippen LogP contribution in [-0.2, 0) is 33.3 Å². The lowest BCUT2D eigenvalue weighted by atomic mass is 10.0. The van der Waals surface area contributed by atoms with Gasteiger partial charge in [0, 0.05) is 12.8 Å². The molecule has 2 unspecified atom stereocenters. The molecule has 560 valence electrons. The highest BCUT2D eigenvalue weighted by Gasteiger charge is 2.22. The quantitative estimate of drug-likeness (QED) is 0.0195. The van der Waals surface area contributed by atoms with Crippen molar-refractivity contribution in [2.75, 3.05) is 47.5 Å². The predicted molar refractivity (Wildman–Crippen MR) is 421 cm³/mol. The molecule has 0 aromatic rings. The number of carboxylic acid groups (broad SMARTS) is 1. The van der Waals surface area contributed by atoms with Gasteiger partial charge >= 0.3 is 11.9 Å². The third kappa shape index (κ3) is 78.5. The molecule has 0 N–H and O–H groups in total. The van der Waals surface area contributed by atoms with E-state index in [2.05, 4.69) is 160 Å². The van der Waals surface area contributed by atoms with Gasteiger partial charge in [0.15, 0.2) is 12.4 Å². The molecule has 98 heavy (non-hydrogen) atoms. The molecule has 0 rings (SSSR count). The average Bonchev–Trinajstić information content (AvgIpc) is 1.40. The molecule has 0 fully saturated rings. The third-order valence-corrected chi connectivity index (χ3v) is 17.4. The van der Waals surface area contributed by atoms with E-state index in [9.17, 15) is 19.5 Å². The molecule has 0 saturated carbocycles. The molecule has 9 nitrogen and oxygen atoms in total. The van der Waals surface area contributed by atoms with E-state index in [-0.39, 0.29) is 38.6 Å². The van der Waals surface area contributed by atoms with Crippen LogP contribution >= 0.6 is 0 Å². The minimum atomic E-state index is -1.64. The van der Waals surface area contributed by atoms with Crippen molar-refractivity contribution in [2.45, 2.75) is 354 Å². The summed E-state index contributed by atoms with van der Waals surface area (Å²) in [5.41, 5.74) is 0. The number of carboxylic acids is 1. The summed E-state index contributed by atoms with van der Waals surface area (Å²) in [6.07, 6.45) is 111. The van der Waals surface area contributed by atoms with Crippen molar-refractivity contribution in [3.8, 4) is 0 Å². The van der Waals surface area contributed by atoms with Gasteiger partial charge in [-0.05, 0) is 103 Å². The van der Waals surface area contributed by atoms with Crippen LogP contribution in [0, 0.1) is 0 Å². The number of hydrogen-bond donors (Lipinski definition) is 0. The molecule has 0 aromatic carbocycles. The van der Waals surface area contributed by atoms with E-state index in [1.54, 1.807) is 0 Å². The first-order valence-electron chi connectivity index (χ1n) is 40.5. The Bertz CT molecular complexity index is 2130. The lowest BCUT2D eigenvalue weighted by Crippen LogP contribution is -2.44. The smallest absolute Gasteiger partial charge is 0.306 e. The van der Waals surface area contributed by atoms with Gasteiger partial charge in [0.05, 0.1) is 40.3 Å². The van der Waals surface area contributed by atoms with E-state index in [0.717, 1.165) is 122 Å². The van der Waals surface area contributed by atoms with Crippen molar-refractivity contribution >= 4 is 17.9 Å². The predicted octanol–water partition coefficient (Wildman–Crippen LogP) is 24.9. The van der Waals surface area contributed by atoms with Crippen molar-refractivity contribution in [2.24, 2.45) is 0 Å². The van der Waals surface area contributed by atoms with Crippen molar-refractivity contribution in [3.63, 3.8) is 0 Å². The molecule has 0 amide bonds. The molecule has 9 heteroatoms. The summed E-state index contributed by atoms with van der Waals surface area (Å²) >= 11 is 0. The molecule has 0 aliphatic heterocycles. The Morgan fingerprint density at radius 1 is 0.316 bits per heavy atom. The molecule has 0 saturated heterocycles. The molecule has 2 atom stereocenters. The van der Waals surface area contributed by atoms with E-state index in [1.807, 2.05) is 21.1 Å². The van der Waals surface area contributed by atoms with Crippen LogP contribution in [0.1, 0.15) is 341 Å². The summed E-state index contributed by atoms with van der Waals surface area (Å²) < 4.78 is 22.8. The largest absolute Gasteiger partial charge is 0.545 e. The zero-order valence-electron chi connectivity index (χ0n) is 64.1. The van der Waals surface area contributed by atoms with Gasteiger partial charge in [0.25, 0.3) is 0 Å². The SMILES string of the molecule is CC/C=C\C/C=C\C/C=C\C/C=C\C/C=C\C/C=C\C/C=C\C/C=C\C/C=C\C/C=C\C/C=C\C/C=C\CCCCCCC(=O)OC(COC(=O)CCCCCCCCCCCCCCCCCCCCCCCCCCCCCCCCCC)COC(OCC[N+](C)(C)C)C(=O)[O-]. The summed E-state index contributed by atoms with van der Waals surface area (Å²) in [5.74, 6) is -2.31. The monoisotopic (exact) mass is 1360 g/mol. The number of aliphatic carboxylic acids is 1. The van der Waals surface area contributed by atoms with Crippen LogP contribution in [0.4, 0.5) is 0 Å². The Morgan fingerprint density at radius 2 is 0.582 bits per heavy atom. The van der Waals surface area contributed by atoms with E-state index in [0.29, 0.717) is 17.4 Å². The second-order valence-corrected chi connectivity index (χ2v) is 28.0. The Labute approximate surface area is 604 Å². The number of rotatable bonds is 74. The fourth-order valence-electron chi connectivity index (χ4n) is 11.2. The van der Waals surface area contributed by atoms with Gasteiger partial charge in [-0.3, -0.25) is 9.59 Å². The number of carbonyl (C=O) groups is 3. The number of carbonyl (C=O) groups excluding carboxylic acids is 3. The molecule has 0 spiro atoms. The Hall–Kier alpha value is -4.83. The summed E-state index contributed by atoms with van der Waals surface area (Å²) in [7, 11) is 5.92. The van der Waals surface area contributed by atoms with E-state index in [4.69, 9.17) is 18.9 Å². The van der Waals surface area contributed by atoms with E-state index >= 15 is 0 Å². The van der Waals surface area contributed by atoms with Crippen LogP contribution in [-0.4, -0.2) is 82.3 Å². The maximum Gasteiger partial charge on any atom is 0.306 e. The number of esters is 2. The lowest BCUT2D eigenvalue weighted by Gasteiger charge is -2.26. The van der Waals surface area contributed by atoms with Gasteiger partial charge in [-0.2, -0.15) is 0 Å². The second kappa shape index (κ2) is 77.9. The molecule has 0 radical (unpaired) electrons. The molecule has 0 heterocycles. The molecule has 0 bridgehead atoms. The highest BCUT2D eigenvalue weighted by atomic mass is 16.7. The molecule has 0 aromatic heterocycles. The average molecular weight is 1360 g/mol. The summed E-state index contributed by atoms with van der Waals surface area (Å²) in [6.45, 7) is 4.63. The molecular formula is C89H151NO8. The Kier molecular flexibility index (Phi) is 74.1. The van der Waals surface area contributed by atoms with Gasteiger partial charge < -0.3 is 33.3 Å².